The molecule has 1 fully saturated rings. The molecule has 0 aliphatic heterocycles. The van der Waals surface area contributed by atoms with Gasteiger partial charge in [-0.15, -0.1) is 11.6 Å². The molecule has 98 valence electrons. The van der Waals surface area contributed by atoms with Crippen LogP contribution in [0, 0.1) is 17.2 Å². The van der Waals surface area contributed by atoms with Crippen LogP contribution in [-0.4, -0.2) is 9.55 Å². The number of benzene rings is 1. The minimum atomic E-state index is 0.392. The molecule has 1 heterocycles. The van der Waals surface area contributed by atoms with Gasteiger partial charge in [-0.2, -0.15) is 5.26 Å². The number of nitriles is 1. The molecule has 2 aromatic rings. The van der Waals surface area contributed by atoms with Crippen LogP contribution >= 0.6 is 11.6 Å². The van der Waals surface area contributed by atoms with Crippen molar-refractivity contribution in [2.45, 2.75) is 38.1 Å². The highest BCUT2D eigenvalue weighted by molar-refractivity contribution is 6.16. The Balaban J connectivity index is 1.93. The average Bonchev–Trinajstić information content (AvgIpc) is 3.19. The van der Waals surface area contributed by atoms with Gasteiger partial charge < -0.3 is 4.57 Å². The number of halogens is 1. The maximum absolute atomic E-state index is 9.13. The van der Waals surface area contributed by atoms with Crippen molar-refractivity contribution in [3.8, 4) is 6.07 Å². The van der Waals surface area contributed by atoms with E-state index in [1.807, 2.05) is 18.2 Å². The second-order valence-electron chi connectivity index (χ2n) is 5.18. The van der Waals surface area contributed by atoms with Crippen LogP contribution in [0.15, 0.2) is 18.2 Å². The molecule has 0 saturated heterocycles. The van der Waals surface area contributed by atoms with E-state index in [4.69, 9.17) is 16.9 Å². The Labute approximate surface area is 117 Å². The summed E-state index contributed by atoms with van der Waals surface area (Å²) in [5, 5.41) is 9.13. The minimum Gasteiger partial charge on any atom is -0.327 e. The summed E-state index contributed by atoms with van der Waals surface area (Å²) in [6, 6.07) is 7.95. The van der Waals surface area contributed by atoms with Crippen LogP contribution in [0.2, 0.25) is 0 Å². The highest BCUT2D eigenvalue weighted by Gasteiger charge is 2.20. The van der Waals surface area contributed by atoms with Gasteiger partial charge in [0.15, 0.2) is 0 Å². The molecule has 0 atom stereocenters. The quantitative estimate of drug-likeness (QED) is 0.777. The number of rotatable bonds is 5. The number of fused-ring (bicyclic) bond motifs is 1. The van der Waals surface area contributed by atoms with E-state index < -0.39 is 0 Å². The van der Waals surface area contributed by atoms with Crippen LogP contribution in [0.5, 0.6) is 0 Å². The summed E-state index contributed by atoms with van der Waals surface area (Å²) in [5.74, 6) is 2.21. The Morgan fingerprint density at radius 2 is 2.26 bits per heavy atom. The largest absolute Gasteiger partial charge is 0.327 e. The lowest BCUT2D eigenvalue weighted by Crippen LogP contribution is -2.02. The Morgan fingerprint density at radius 1 is 1.42 bits per heavy atom. The number of aryl methyl sites for hydroxylation is 1. The lowest BCUT2D eigenvalue weighted by atomic mass is 10.2. The molecule has 0 unspecified atom stereocenters. The van der Waals surface area contributed by atoms with Gasteiger partial charge in [0.2, 0.25) is 0 Å². The number of imidazole rings is 1. The van der Waals surface area contributed by atoms with Gasteiger partial charge in [0.1, 0.15) is 17.4 Å². The van der Waals surface area contributed by atoms with E-state index in [9.17, 15) is 0 Å². The van der Waals surface area contributed by atoms with Crippen LogP contribution in [-0.2, 0) is 12.4 Å². The Morgan fingerprint density at radius 3 is 2.95 bits per heavy atom. The van der Waals surface area contributed by atoms with Crippen molar-refractivity contribution < 1.29 is 0 Å². The van der Waals surface area contributed by atoms with Crippen LogP contribution in [0.4, 0.5) is 0 Å². The number of alkyl halides is 1. The SMILES string of the molecule is N#Cc1cccc2c1nc(CCl)n2CCCC1CC1. The number of nitrogens with zero attached hydrogens (tertiary/aromatic N) is 3. The van der Waals surface area contributed by atoms with E-state index >= 15 is 0 Å². The maximum atomic E-state index is 9.13. The summed E-state index contributed by atoms with van der Waals surface area (Å²) in [5.41, 5.74) is 2.45. The first-order chi connectivity index (χ1) is 9.33. The average molecular weight is 274 g/mol. The molecule has 1 aliphatic rings. The van der Waals surface area contributed by atoms with Gasteiger partial charge >= 0.3 is 0 Å². The minimum absolute atomic E-state index is 0.392. The fourth-order valence-corrected chi connectivity index (χ4v) is 2.79. The number of hydrogen-bond acceptors (Lipinski definition) is 2. The fourth-order valence-electron chi connectivity index (χ4n) is 2.58. The second-order valence-corrected chi connectivity index (χ2v) is 5.45. The van der Waals surface area contributed by atoms with Crippen LogP contribution < -0.4 is 0 Å². The van der Waals surface area contributed by atoms with E-state index in [0.29, 0.717) is 11.4 Å². The third kappa shape index (κ3) is 2.46. The molecule has 3 rings (SSSR count). The lowest BCUT2D eigenvalue weighted by molar-refractivity contribution is 0.576. The molecular weight excluding hydrogens is 258 g/mol. The summed E-state index contributed by atoms with van der Waals surface area (Å²) >= 11 is 5.99. The molecule has 4 heteroatoms. The standard InChI is InChI=1S/C15H16ClN3/c16-9-14-18-15-12(10-17)4-1-5-13(15)19(14)8-2-3-11-6-7-11/h1,4-5,11H,2-3,6-9H2. The number of hydrogen-bond donors (Lipinski definition) is 0. The third-order valence-electron chi connectivity index (χ3n) is 3.79. The van der Waals surface area contributed by atoms with Crippen molar-refractivity contribution in [2.75, 3.05) is 0 Å². The van der Waals surface area contributed by atoms with Crippen molar-refractivity contribution in [1.29, 1.82) is 5.26 Å². The Hall–Kier alpha value is -1.53. The Bertz CT molecular complexity index is 635. The number of aromatic nitrogens is 2. The fraction of sp³-hybridized carbons (Fsp3) is 0.467. The van der Waals surface area contributed by atoms with E-state index in [1.54, 1.807) is 0 Å². The summed E-state index contributed by atoms with van der Waals surface area (Å²) in [4.78, 5) is 4.52. The maximum Gasteiger partial charge on any atom is 0.124 e. The van der Waals surface area contributed by atoms with Crippen LogP contribution in [0.1, 0.15) is 37.1 Å². The van der Waals surface area contributed by atoms with Crippen LogP contribution in [0.25, 0.3) is 11.0 Å². The topological polar surface area (TPSA) is 41.6 Å². The zero-order valence-corrected chi connectivity index (χ0v) is 11.5. The zero-order chi connectivity index (χ0) is 13.2. The molecular formula is C15H16ClN3. The molecule has 1 aromatic heterocycles. The third-order valence-corrected chi connectivity index (χ3v) is 4.03. The highest BCUT2D eigenvalue weighted by atomic mass is 35.5. The van der Waals surface area contributed by atoms with E-state index in [2.05, 4.69) is 15.6 Å². The monoisotopic (exact) mass is 273 g/mol. The summed E-state index contributed by atoms with van der Waals surface area (Å²) < 4.78 is 2.17. The van der Waals surface area contributed by atoms with Crippen molar-refractivity contribution in [3.63, 3.8) is 0 Å². The van der Waals surface area contributed by atoms with Gasteiger partial charge in [-0.25, -0.2) is 4.98 Å². The van der Waals surface area contributed by atoms with Crippen molar-refractivity contribution in [3.05, 3.63) is 29.6 Å². The molecule has 1 aromatic carbocycles. The van der Waals surface area contributed by atoms with Gasteiger partial charge in [0.05, 0.1) is 17.0 Å². The molecule has 1 aliphatic carbocycles. The highest BCUT2D eigenvalue weighted by Crippen LogP contribution is 2.34. The zero-order valence-electron chi connectivity index (χ0n) is 10.8. The molecule has 3 nitrogen and oxygen atoms in total. The smallest absolute Gasteiger partial charge is 0.124 e. The predicted octanol–water partition coefficient (Wildman–Crippen LogP) is 3.84. The van der Waals surface area contributed by atoms with Crippen molar-refractivity contribution in [1.82, 2.24) is 9.55 Å². The van der Waals surface area contributed by atoms with Gasteiger partial charge in [0, 0.05) is 6.54 Å². The summed E-state index contributed by atoms with van der Waals surface area (Å²) in [6.45, 7) is 0.948. The van der Waals surface area contributed by atoms with Gasteiger partial charge in [0.25, 0.3) is 0 Å². The summed E-state index contributed by atoms with van der Waals surface area (Å²) in [6.07, 6.45) is 5.24. The second kappa shape index (κ2) is 5.22. The molecule has 1 saturated carbocycles. The van der Waals surface area contributed by atoms with E-state index in [1.165, 1.54) is 19.3 Å². The normalized spacial score (nSPS) is 14.7. The molecule has 0 bridgehead atoms. The molecule has 19 heavy (non-hydrogen) atoms. The van der Waals surface area contributed by atoms with E-state index in [-0.39, 0.29) is 0 Å². The van der Waals surface area contributed by atoms with Gasteiger partial charge in [-0.05, 0) is 30.9 Å². The predicted molar refractivity (Wildman–Crippen MR) is 76.0 cm³/mol. The van der Waals surface area contributed by atoms with Crippen molar-refractivity contribution >= 4 is 22.6 Å². The first kappa shape index (κ1) is 12.5. The van der Waals surface area contributed by atoms with Crippen molar-refractivity contribution in [2.24, 2.45) is 5.92 Å². The molecule has 0 amide bonds. The Kier molecular flexibility index (Phi) is 3.44. The first-order valence-electron chi connectivity index (χ1n) is 6.77. The van der Waals surface area contributed by atoms with Gasteiger partial charge in [-0.3, -0.25) is 0 Å². The first-order valence-corrected chi connectivity index (χ1v) is 7.31. The summed E-state index contributed by atoms with van der Waals surface area (Å²) in [7, 11) is 0. The molecule has 0 N–H and O–H groups in total. The van der Waals surface area contributed by atoms with Crippen LogP contribution in [0.3, 0.4) is 0 Å². The van der Waals surface area contributed by atoms with E-state index in [0.717, 1.165) is 35.7 Å². The molecule has 0 spiro atoms. The molecule has 0 radical (unpaired) electrons. The van der Waals surface area contributed by atoms with Gasteiger partial charge in [-0.1, -0.05) is 18.9 Å². The lowest BCUT2D eigenvalue weighted by Gasteiger charge is -2.07. The number of para-hydroxylation sites is 1.